The quantitative estimate of drug-likeness (QED) is 0.510. The van der Waals surface area contributed by atoms with Crippen molar-refractivity contribution in [3.8, 4) is 0 Å². The third kappa shape index (κ3) is 5.34. The lowest BCUT2D eigenvalue weighted by atomic mass is 9.90. The van der Waals surface area contributed by atoms with E-state index in [2.05, 4.69) is 20.4 Å². The number of alkyl halides is 1. The summed E-state index contributed by atoms with van der Waals surface area (Å²) in [7, 11) is 0. The molecule has 0 aromatic carbocycles. The van der Waals surface area contributed by atoms with Crippen molar-refractivity contribution in [2.45, 2.75) is 39.5 Å². The SMILES string of the molecule is C=CCC(CC)CC(C)CCF. The first-order valence-electron chi connectivity index (χ1n) is 4.91. The zero-order valence-corrected chi connectivity index (χ0v) is 8.35. The molecule has 2 unspecified atom stereocenters. The van der Waals surface area contributed by atoms with Crippen molar-refractivity contribution in [1.29, 1.82) is 0 Å². The predicted octanol–water partition coefficient (Wildman–Crippen LogP) is 3.97. The molecule has 0 aliphatic carbocycles. The summed E-state index contributed by atoms with van der Waals surface area (Å²) in [6.07, 6.45) is 6.09. The number of hydrogen-bond donors (Lipinski definition) is 0. The molecule has 0 bridgehead atoms. The van der Waals surface area contributed by atoms with Crippen molar-refractivity contribution < 1.29 is 4.39 Å². The smallest absolute Gasteiger partial charge is 0.0897 e. The molecular weight excluding hydrogens is 151 g/mol. The molecular formula is C11H21F. The lowest BCUT2D eigenvalue weighted by molar-refractivity contribution is 0.331. The van der Waals surface area contributed by atoms with E-state index in [1.54, 1.807) is 0 Å². The summed E-state index contributed by atoms with van der Waals surface area (Å²) >= 11 is 0. The molecule has 72 valence electrons. The fraction of sp³-hybridized carbons (Fsp3) is 0.818. The van der Waals surface area contributed by atoms with E-state index >= 15 is 0 Å². The van der Waals surface area contributed by atoms with Crippen LogP contribution in [0.2, 0.25) is 0 Å². The fourth-order valence-corrected chi connectivity index (χ4v) is 1.54. The van der Waals surface area contributed by atoms with E-state index in [1.807, 2.05) is 6.08 Å². The van der Waals surface area contributed by atoms with Crippen molar-refractivity contribution in [3.63, 3.8) is 0 Å². The van der Waals surface area contributed by atoms with Gasteiger partial charge in [-0.1, -0.05) is 26.3 Å². The van der Waals surface area contributed by atoms with Gasteiger partial charge in [-0.3, -0.25) is 4.39 Å². The summed E-state index contributed by atoms with van der Waals surface area (Å²) < 4.78 is 12.0. The molecule has 0 rings (SSSR count). The van der Waals surface area contributed by atoms with Gasteiger partial charge in [-0.25, -0.2) is 0 Å². The predicted molar refractivity (Wildman–Crippen MR) is 53.0 cm³/mol. The second-order valence-electron chi connectivity index (χ2n) is 3.62. The molecule has 0 fully saturated rings. The standard InChI is InChI=1S/C11H21F/c1-4-6-11(5-2)9-10(3)7-8-12/h4,10-11H,1,5-9H2,2-3H3. The summed E-state index contributed by atoms with van der Waals surface area (Å²) in [5.41, 5.74) is 0. The Kier molecular flexibility index (Phi) is 7.12. The van der Waals surface area contributed by atoms with Crippen LogP contribution < -0.4 is 0 Å². The first kappa shape index (κ1) is 11.7. The molecule has 0 spiro atoms. The van der Waals surface area contributed by atoms with Crippen molar-refractivity contribution in [2.24, 2.45) is 11.8 Å². The van der Waals surface area contributed by atoms with Crippen LogP contribution in [0.4, 0.5) is 4.39 Å². The Morgan fingerprint density at radius 3 is 2.58 bits per heavy atom. The van der Waals surface area contributed by atoms with Crippen LogP contribution in [0, 0.1) is 11.8 Å². The Morgan fingerprint density at radius 1 is 1.50 bits per heavy atom. The van der Waals surface area contributed by atoms with E-state index in [0.29, 0.717) is 18.3 Å². The van der Waals surface area contributed by atoms with Crippen LogP contribution in [-0.2, 0) is 0 Å². The average molecular weight is 172 g/mol. The third-order valence-corrected chi connectivity index (χ3v) is 2.41. The van der Waals surface area contributed by atoms with Crippen LogP contribution in [0.1, 0.15) is 39.5 Å². The van der Waals surface area contributed by atoms with Gasteiger partial charge in [-0.15, -0.1) is 6.58 Å². The van der Waals surface area contributed by atoms with E-state index < -0.39 is 0 Å². The number of hydrogen-bond acceptors (Lipinski definition) is 0. The van der Waals surface area contributed by atoms with Gasteiger partial charge in [-0.05, 0) is 31.1 Å². The second kappa shape index (κ2) is 7.33. The Morgan fingerprint density at radius 2 is 2.17 bits per heavy atom. The van der Waals surface area contributed by atoms with Gasteiger partial charge < -0.3 is 0 Å². The van der Waals surface area contributed by atoms with Gasteiger partial charge in [0.1, 0.15) is 0 Å². The zero-order valence-electron chi connectivity index (χ0n) is 8.35. The number of halogens is 1. The van der Waals surface area contributed by atoms with Crippen molar-refractivity contribution in [2.75, 3.05) is 6.67 Å². The lowest BCUT2D eigenvalue weighted by Gasteiger charge is -2.16. The minimum atomic E-state index is -0.175. The summed E-state index contributed by atoms with van der Waals surface area (Å²) in [4.78, 5) is 0. The van der Waals surface area contributed by atoms with Gasteiger partial charge in [0.2, 0.25) is 0 Å². The van der Waals surface area contributed by atoms with E-state index in [4.69, 9.17) is 0 Å². The van der Waals surface area contributed by atoms with Crippen LogP contribution in [0.25, 0.3) is 0 Å². The molecule has 0 N–H and O–H groups in total. The summed E-state index contributed by atoms with van der Waals surface area (Å²) in [6, 6.07) is 0. The van der Waals surface area contributed by atoms with Gasteiger partial charge in [0.15, 0.2) is 0 Å². The normalized spacial score (nSPS) is 15.6. The largest absolute Gasteiger partial charge is 0.251 e. The van der Waals surface area contributed by atoms with Gasteiger partial charge >= 0.3 is 0 Å². The van der Waals surface area contributed by atoms with E-state index in [1.165, 1.54) is 6.42 Å². The topological polar surface area (TPSA) is 0 Å². The van der Waals surface area contributed by atoms with Crippen LogP contribution >= 0.6 is 0 Å². The van der Waals surface area contributed by atoms with Gasteiger partial charge in [0.05, 0.1) is 6.67 Å². The highest BCUT2D eigenvalue weighted by atomic mass is 19.1. The molecule has 2 atom stereocenters. The zero-order chi connectivity index (χ0) is 9.40. The van der Waals surface area contributed by atoms with Gasteiger partial charge in [0.25, 0.3) is 0 Å². The Hall–Kier alpha value is -0.330. The van der Waals surface area contributed by atoms with Crippen LogP contribution in [-0.4, -0.2) is 6.67 Å². The van der Waals surface area contributed by atoms with E-state index in [0.717, 1.165) is 12.8 Å². The maximum atomic E-state index is 12.0. The molecule has 1 heteroatoms. The van der Waals surface area contributed by atoms with E-state index in [9.17, 15) is 4.39 Å². The second-order valence-corrected chi connectivity index (χ2v) is 3.62. The number of allylic oxidation sites excluding steroid dienone is 1. The first-order valence-corrected chi connectivity index (χ1v) is 4.91. The lowest BCUT2D eigenvalue weighted by Crippen LogP contribution is -2.05. The first-order chi connectivity index (χ1) is 5.74. The highest BCUT2D eigenvalue weighted by Crippen LogP contribution is 2.21. The average Bonchev–Trinajstić information content (AvgIpc) is 2.04. The molecule has 0 saturated carbocycles. The van der Waals surface area contributed by atoms with E-state index in [-0.39, 0.29) is 6.67 Å². The van der Waals surface area contributed by atoms with Crippen molar-refractivity contribution in [1.82, 2.24) is 0 Å². The molecule has 0 saturated heterocycles. The molecule has 12 heavy (non-hydrogen) atoms. The fourth-order valence-electron chi connectivity index (χ4n) is 1.54. The Bertz CT molecular complexity index is 110. The molecule has 0 amide bonds. The third-order valence-electron chi connectivity index (χ3n) is 2.41. The highest BCUT2D eigenvalue weighted by molar-refractivity contribution is 4.73. The molecule has 0 aromatic heterocycles. The summed E-state index contributed by atoms with van der Waals surface area (Å²) in [6.45, 7) is 7.87. The monoisotopic (exact) mass is 172 g/mol. The Labute approximate surface area is 75.9 Å². The maximum Gasteiger partial charge on any atom is 0.0897 e. The molecule has 0 aliphatic rings. The van der Waals surface area contributed by atoms with Gasteiger partial charge in [0, 0.05) is 0 Å². The molecule has 0 nitrogen and oxygen atoms in total. The minimum Gasteiger partial charge on any atom is -0.251 e. The molecule has 0 heterocycles. The Balaban J connectivity index is 3.60. The summed E-state index contributed by atoms with van der Waals surface area (Å²) in [5.74, 6) is 1.24. The minimum absolute atomic E-state index is 0.175. The van der Waals surface area contributed by atoms with Crippen LogP contribution in [0.3, 0.4) is 0 Å². The maximum absolute atomic E-state index is 12.0. The molecule has 0 aliphatic heterocycles. The molecule has 0 radical (unpaired) electrons. The van der Waals surface area contributed by atoms with Crippen LogP contribution in [0.5, 0.6) is 0 Å². The highest BCUT2D eigenvalue weighted by Gasteiger charge is 2.09. The van der Waals surface area contributed by atoms with Crippen molar-refractivity contribution >= 4 is 0 Å². The molecule has 0 aromatic rings. The van der Waals surface area contributed by atoms with Gasteiger partial charge in [-0.2, -0.15) is 0 Å². The summed E-state index contributed by atoms with van der Waals surface area (Å²) in [5, 5.41) is 0. The number of rotatable bonds is 7. The van der Waals surface area contributed by atoms with Crippen molar-refractivity contribution in [3.05, 3.63) is 12.7 Å². The van der Waals surface area contributed by atoms with Crippen LogP contribution in [0.15, 0.2) is 12.7 Å².